The van der Waals surface area contributed by atoms with Gasteiger partial charge in [-0.1, -0.05) is 43.0 Å². The Morgan fingerprint density at radius 1 is 0.882 bits per heavy atom. The minimum Gasteiger partial charge on any atom is -0.380 e. The second kappa shape index (κ2) is 5.21. The van der Waals surface area contributed by atoms with E-state index in [4.69, 9.17) is 4.84 Å². The molecule has 2 nitrogen and oxygen atoms in total. The van der Waals surface area contributed by atoms with E-state index >= 15 is 0 Å². The fourth-order valence-electron chi connectivity index (χ4n) is 1.54. The summed E-state index contributed by atoms with van der Waals surface area (Å²) < 4.78 is 0. The van der Waals surface area contributed by atoms with Crippen molar-refractivity contribution < 1.29 is 4.84 Å². The highest BCUT2D eigenvalue weighted by atomic mass is 16.7. The molecule has 0 bridgehead atoms. The minimum absolute atomic E-state index is 0.651. The van der Waals surface area contributed by atoms with Crippen LogP contribution < -0.4 is 5.06 Å². The maximum absolute atomic E-state index is 5.66. The Labute approximate surface area is 102 Å². The van der Waals surface area contributed by atoms with Crippen molar-refractivity contribution in [2.24, 2.45) is 0 Å². The van der Waals surface area contributed by atoms with Crippen LogP contribution in [-0.2, 0) is 4.84 Å². The maximum atomic E-state index is 5.66. The lowest BCUT2D eigenvalue weighted by Gasteiger charge is -2.24. The quantitative estimate of drug-likeness (QED) is 0.568. The first-order valence-corrected chi connectivity index (χ1v) is 5.51. The number of hydrogen-bond acceptors (Lipinski definition) is 2. The lowest BCUT2D eigenvalue weighted by molar-refractivity contribution is 0.219. The van der Waals surface area contributed by atoms with Crippen molar-refractivity contribution in [2.75, 3.05) is 5.06 Å². The molecule has 0 aliphatic rings. The van der Waals surface area contributed by atoms with E-state index in [2.05, 4.69) is 6.58 Å². The van der Waals surface area contributed by atoms with Crippen molar-refractivity contribution in [3.8, 4) is 0 Å². The summed E-state index contributed by atoms with van der Waals surface area (Å²) >= 11 is 0. The van der Waals surface area contributed by atoms with Gasteiger partial charge in [-0.05, 0) is 31.2 Å². The molecular formula is C15H15NO. The van der Waals surface area contributed by atoms with Crippen LogP contribution in [0.25, 0.3) is 0 Å². The fraction of sp³-hybridized carbons (Fsp3) is 0.0667. The smallest absolute Gasteiger partial charge is 0.122 e. The fourth-order valence-corrected chi connectivity index (χ4v) is 1.54. The highest BCUT2D eigenvalue weighted by molar-refractivity contribution is 5.60. The van der Waals surface area contributed by atoms with Gasteiger partial charge in [0.1, 0.15) is 5.76 Å². The lowest BCUT2D eigenvalue weighted by Crippen LogP contribution is -2.16. The van der Waals surface area contributed by atoms with Gasteiger partial charge < -0.3 is 4.84 Å². The van der Waals surface area contributed by atoms with Gasteiger partial charge in [-0.25, -0.2) is 0 Å². The van der Waals surface area contributed by atoms with Crippen molar-refractivity contribution in [2.45, 2.75) is 6.92 Å². The van der Waals surface area contributed by atoms with E-state index in [1.165, 1.54) is 0 Å². The highest BCUT2D eigenvalue weighted by Crippen LogP contribution is 2.26. The summed E-state index contributed by atoms with van der Waals surface area (Å²) in [6, 6.07) is 19.9. The molecule has 0 spiro atoms. The van der Waals surface area contributed by atoms with E-state index < -0.39 is 0 Å². The summed E-state index contributed by atoms with van der Waals surface area (Å²) in [5, 5.41) is 1.77. The van der Waals surface area contributed by atoms with Gasteiger partial charge in [-0.2, -0.15) is 5.06 Å². The molecule has 0 fully saturated rings. The molecule has 0 heterocycles. The van der Waals surface area contributed by atoms with Crippen molar-refractivity contribution in [3.63, 3.8) is 0 Å². The van der Waals surface area contributed by atoms with Crippen LogP contribution in [0.4, 0.5) is 11.4 Å². The molecule has 0 aromatic heterocycles. The van der Waals surface area contributed by atoms with Crippen LogP contribution in [0.15, 0.2) is 73.0 Å². The summed E-state index contributed by atoms with van der Waals surface area (Å²) in [6.45, 7) is 5.61. The van der Waals surface area contributed by atoms with Gasteiger partial charge in [0.2, 0.25) is 0 Å². The second-order valence-corrected chi connectivity index (χ2v) is 3.76. The molecule has 2 aromatic carbocycles. The molecule has 0 aliphatic carbocycles. The molecule has 2 heteroatoms. The highest BCUT2D eigenvalue weighted by Gasteiger charge is 2.09. The summed E-state index contributed by atoms with van der Waals surface area (Å²) in [5.74, 6) is 0.651. The molecule has 0 saturated heterocycles. The molecule has 17 heavy (non-hydrogen) atoms. The van der Waals surface area contributed by atoms with Crippen molar-refractivity contribution in [1.82, 2.24) is 0 Å². The van der Waals surface area contributed by atoms with E-state index in [0.717, 1.165) is 11.4 Å². The Hall–Kier alpha value is -2.22. The Morgan fingerprint density at radius 2 is 1.29 bits per heavy atom. The SMILES string of the molecule is C=C(C)ON(c1ccccc1)c1ccccc1. The predicted octanol–water partition coefficient (Wildman–Crippen LogP) is 4.29. The molecule has 0 saturated carbocycles. The van der Waals surface area contributed by atoms with Crippen LogP contribution in [-0.4, -0.2) is 0 Å². The average molecular weight is 225 g/mol. The van der Waals surface area contributed by atoms with E-state index in [9.17, 15) is 0 Å². The second-order valence-electron chi connectivity index (χ2n) is 3.76. The Kier molecular flexibility index (Phi) is 3.46. The molecule has 0 radical (unpaired) electrons. The van der Waals surface area contributed by atoms with Gasteiger partial charge in [-0.15, -0.1) is 0 Å². The van der Waals surface area contributed by atoms with Crippen LogP contribution in [0.2, 0.25) is 0 Å². The normalized spacial score (nSPS) is 9.71. The van der Waals surface area contributed by atoms with Crippen molar-refractivity contribution in [3.05, 3.63) is 73.0 Å². The van der Waals surface area contributed by atoms with Gasteiger partial charge in [0, 0.05) is 0 Å². The summed E-state index contributed by atoms with van der Waals surface area (Å²) in [6.07, 6.45) is 0. The van der Waals surface area contributed by atoms with Gasteiger partial charge in [0.25, 0.3) is 0 Å². The Bertz CT molecular complexity index is 439. The number of nitrogens with zero attached hydrogens (tertiary/aromatic N) is 1. The average Bonchev–Trinajstić information content (AvgIpc) is 2.38. The zero-order valence-corrected chi connectivity index (χ0v) is 9.84. The third-order valence-corrected chi connectivity index (χ3v) is 2.23. The van der Waals surface area contributed by atoms with Crippen LogP contribution in [0.3, 0.4) is 0 Å². The third-order valence-electron chi connectivity index (χ3n) is 2.23. The number of para-hydroxylation sites is 2. The monoisotopic (exact) mass is 225 g/mol. The molecular weight excluding hydrogens is 210 g/mol. The number of anilines is 2. The van der Waals surface area contributed by atoms with Crippen molar-refractivity contribution >= 4 is 11.4 Å². The van der Waals surface area contributed by atoms with E-state index in [-0.39, 0.29) is 0 Å². The zero-order valence-electron chi connectivity index (χ0n) is 9.84. The molecule has 2 rings (SSSR count). The van der Waals surface area contributed by atoms with Crippen LogP contribution in [0, 0.1) is 0 Å². The Morgan fingerprint density at radius 3 is 1.65 bits per heavy atom. The number of rotatable bonds is 4. The molecule has 0 atom stereocenters. The molecule has 86 valence electrons. The first-order valence-electron chi connectivity index (χ1n) is 5.51. The summed E-state index contributed by atoms with van der Waals surface area (Å²) in [4.78, 5) is 5.66. The van der Waals surface area contributed by atoms with Gasteiger partial charge in [0.05, 0.1) is 11.4 Å². The predicted molar refractivity (Wildman–Crippen MR) is 70.9 cm³/mol. The standard InChI is InChI=1S/C15H15NO/c1-13(2)17-16(14-9-5-3-6-10-14)15-11-7-4-8-12-15/h3-12H,1H2,2H3. The van der Waals surface area contributed by atoms with E-state index in [0.29, 0.717) is 5.76 Å². The first kappa shape index (κ1) is 11.3. The molecule has 0 aliphatic heterocycles. The van der Waals surface area contributed by atoms with Crippen LogP contribution >= 0.6 is 0 Å². The van der Waals surface area contributed by atoms with E-state index in [1.54, 1.807) is 5.06 Å². The third kappa shape index (κ3) is 2.88. The molecule has 2 aromatic rings. The van der Waals surface area contributed by atoms with Crippen LogP contribution in [0.5, 0.6) is 0 Å². The summed E-state index contributed by atoms with van der Waals surface area (Å²) in [7, 11) is 0. The number of benzene rings is 2. The largest absolute Gasteiger partial charge is 0.380 e. The number of hydrogen-bond donors (Lipinski definition) is 0. The van der Waals surface area contributed by atoms with Gasteiger partial charge in [0.15, 0.2) is 0 Å². The van der Waals surface area contributed by atoms with Gasteiger partial charge in [-0.3, -0.25) is 0 Å². The first-order chi connectivity index (χ1) is 8.27. The topological polar surface area (TPSA) is 12.5 Å². The van der Waals surface area contributed by atoms with Crippen molar-refractivity contribution in [1.29, 1.82) is 0 Å². The molecule has 0 unspecified atom stereocenters. The van der Waals surface area contributed by atoms with Gasteiger partial charge >= 0.3 is 0 Å². The van der Waals surface area contributed by atoms with E-state index in [1.807, 2.05) is 67.6 Å². The minimum atomic E-state index is 0.651. The lowest BCUT2D eigenvalue weighted by atomic mass is 10.2. The maximum Gasteiger partial charge on any atom is 0.122 e. The van der Waals surface area contributed by atoms with Crippen LogP contribution in [0.1, 0.15) is 6.92 Å². The molecule has 0 amide bonds. The Balaban J connectivity index is 2.36. The summed E-state index contributed by atoms with van der Waals surface area (Å²) in [5.41, 5.74) is 1.95. The zero-order chi connectivity index (χ0) is 12.1. The molecule has 0 N–H and O–H groups in total. The number of allylic oxidation sites excluding steroid dienone is 1.